The summed E-state index contributed by atoms with van der Waals surface area (Å²) >= 11 is 0. The van der Waals surface area contributed by atoms with Gasteiger partial charge in [-0.2, -0.15) is 0 Å². The second kappa shape index (κ2) is 19.9. The maximum absolute atomic E-state index is 11.0. The number of benzene rings is 6. The molecule has 0 aliphatic carbocycles. The average molecular weight is 797 g/mol. The highest BCUT2D eigenvalue weighted by Crippen LogP contribution is 2.36. The Labute approximate surface area is 349 Å². The zero-order valence-corrected chi connectivity index (χ0v) is 34.5. The Morgan fingerprint density at radius 2 is 1.20 bits per heavy atom. The van der Waals surface area contributed by atoms with Gasteiger partial charge in [0, 0.05) is 13.0 Å². The number of rotatable bonds is 17. The molecule has 0 aromatic heterocycles. The van der Waals surface area contributed by atoms with Crippen LogP contribution < -0.4 is 0 Å². The van der Waals surface area contributed by atoms with Crippen molar-refractivity contribution in [3.63, 3.8) is 0 Å². The maximum atomic E-state index is 11.0. The van der Waals surface area contributed by atoms with Gasteiger partial charge in [0.25, 0.3) is 0 Å². The average Bonchev–Trinajstić information content (AvgIpc) is 3.56. The van der Waals surface area contributed by atoms with Crippen molar-refractivity contribution < 1.29 is 33.9 Å². The lowest BCUT2D eigenvalue weighted by Gasteiger charge is -2.32. The van der Waals surface area contributed by atoms with Crippen LogP contribution in [0.1, 0.15) is 69.1 Å². The highest BCUT2D eigenvalue weighted by Gasteiger charge is 2.39. The summed E-state index contributed by atoms with van der Waals surface area (Å²) < 4.78 is 33.2. The van der Waals surface area contributed by atoms with Crippen LogP contribution >= 0.6 is 0 Å². The van der Waals surface area contributed by atoms with Crippen LogP contribution in [0.4, 0.5) is 0 Å². The molecule has 2 saturated heterocycles. The Morgan fingerprint density at radius 1 is 0.644 bits per heavy atom. The van der Waals surface area contributed by atoms with Gasteiger partial charge in [-0.1, -0.05) is 123 Å². The second-order valence-corrected chi connectivity index (χ2v) is 17.1. The van der Waals surface area contributed by atoms with Gasteiger partial charge in [0.15, 0.2) is 0 Å². The van der Waals surface area contributed by atoms with Crippen LogP contribution in [0.25, 0.3) is 32.3 Å². The molecule has 7 heteroatoms. The molecular weight excluding hydrogens is 737 g/mol. The third-order valence-electron chi connectivity index (χ3n) is 12.6. The molecule has 2 aliphatic rings. The van der Waals surface area contributed by atoms with Gasteiger partial charge in [-0.25, -0.2) is 0 Å². The summed E-state index contributed by atoms with van der Waals surface area (Å²) in [4.78, 5) is 0. The minimum atomic E-state index is -0.772. The smallest absolute Gasteiger partial charge is 0.107 e. The van der Waals surface area contributed by atoms with Crippen molar-refractivity contribution in [2.75, 3.05) is 13.2 Å². The molecule has 2 heterocycles. The van der Waals surface area contributed by atoms with E-state index in [1.807, 2.05) is 0 Å². The fourth-order valence-electron chi connectivity index (χ4n) is 9.29. The summed E-state index contributed by atoms with van der Waals surface area (Å²) in [5.74, 6) is 0.742. The molecule has 6 aromatic rings. The van der Waals surface area contributed by atoms with Crippen molar-refractivity contribution >= 4 is 32.3 Å². The van der Waals surface area contributed by atoms with E-state index in [1.54, 1.807) is 0 Å². The van der Waals surface area contributed by atoms with Crippen LogP contribution in [0, 0.1) is 11.8 Å². The first-order valence-corrected chi connectivity index (χ1v) is 21.7. The van der Waals surface area contributed by atoms with Gasteiger partial charge in [0.1, 0.15) is 6.10 Å². The number of hydrogen-bond acceptors (Lipinski definition) is 7. The van der Waals surface area contributed by atoms with Gasteiger partial charge in [-0.15, -0.1) is 0 Å². The fourth-order valence-corrected chi connectivity index (χ4v) is 9.29. The topological polar surface area (TPSA) is 86.6 Å². The molecule has 310 valence electrons. The molecule has 0 saturated carbocycles. The predicted molar refractivity (Wildman–Crippen MR) is 235 cm³/mol. The van der Waals surface area contributed by atoms with E-state index in [2.05, 4.69) is 141 Å². The first-order chi connectivity index (χ1) is 28.9. The lowest BCUT2D eigenvalue weighted by Crippen LogP contribution is -2.40. The van der Waals surface area contributed by atoms with E-state index in [0.717, 1.165) is 24.0 Å². The Balaban J connectivity index is 0.934. The summed E-state index contributed by atoms with van der Waals surface area (Å²) in [6.07, 6.45) is 2.06. The standard InChI is InChI=1S/C52H60O7/c1-35(23-24-55-32-37-15-18-40-9-3-6-12-43(40)26-37)52-36(2)25-47(58-52)29-46(56-33-38-16-19-41-10-4-7-13-44(41)27-38)30-50-49(22-21-48(54)51(31-53)59-50)57-34-39-17-20-42-11-5-8-14-45(42)28-39/h3-20,26-28,35-36,46-54H,21-25,29-34H2,1-2H3/t35-,36+,46+,47-,48+,49-,50+,51-,52+/m0/s1. The van der Waals surface area contributed by atoms with Gasteiger partial charge in [-0.3, -0.25) is 0 Å². The molecule has 7 nitrogen and oxygen atoms in total. The van der Waals surface area contributed by atoms with Gasteiger partial charge in [0.05, 0.1) is 63.1 Å². The SMILES string of the molecule is C[C@@H]1C[C@@H](C[C@H](C[C@H]2O[C@@H](CO)[C@H](O)CC[C@@H]2OCc2ccc3ccccc3c2)OCc2ccc3ccccc3c2)O[C@@H]1[C@@H](C)CCOCc1ccc2ccccc2c1. The Hall–Kier alpha value is -4.18. The second-order valence-electron chi connectivity index (χ2n) is 17.1. The molecule has 2 fully saturated rings. The van der Waals surface area contributed by atoms with E-state index in [-0.39, 0.29) is 37.1 Å². The number of hydrogen-bond donors (Lipinski definition) is 2. The largest absolute Gasteiger partial charge is 0.394 e. The summed E-state index contributed by atoms with van der Waals surface area (Å²) in [7, 11) is 0. The van der Waals surface area contributed by atoms with Crippen molar-refractivity contribution in [2.45, 2.75) is 115 Å². The van der Waals surface area contributed by atoms with Gasteiger partial charge in [0.2, 0.25) is 0 Å². The maximum Gasteiger partial charge on any atom is 0.107 e. The molecule has 59 heavy (non-hydrogen) atoms. The molecule has 0 radical (unpaired) electrons. The van der Waals surface area contributed by atoms with E-state index in [1.165, 1.54) is 37.9 Å². The normalized spacial score (nSPS) is 24.7. The summed E-state index contributed by atoms with van der Waals surface area (Å²) in [6.45, 7) is 6.49. The van der Waals surface area contributed by atoms with E-state index >= 15 is 0 Å². The molecule has 0 spiro atoms. The van der Waals surface area contributed by atoms with Crippen LogP contribution in [-0.4, -0.2) is 66.2 Å². The third kappa shape index (κ3) is 10.8. The first kappa shape index (κ1) is 41.5. The van der Waals surface area contributed by atoms with Crippen molar-refractivity contribution in [2.24, 2.45) is 11.8 Å². The molecule has 9 atom stereocenters. The molecule has 6 aromatic carbocycles. The molecule has 8 rings (SSSR count). The zero-order chi connectivity index (χ0) is 40.6. The molecule has 0 bridgehead atoms. The highest BCUT2D eigenvalue weighted by atomic mass is 16.6. The van der Waals surface area contributed by atoms with Crippen molar-refractivity contribution in [3.8, 4) is 0 Å². The van der Waals surface area contributed by atoms with Crippen LogP contribution in [0.2, 0.25) is 0 Å². The van der Waals surface area contributed by atoms with Crippen molar-refractivity contribution in [3.05, 3.63) is 144 Å². The molecular formula is C52H60O7. The van der Waals surface area contributed by atoms with E-state index < -0.39 is 12.2 Å². The third-order valence-corrected chi connectivity index (χ3v) is 12.6. The fraction of sp³-hybridized carbons (Fsp3) is 0.423. The van der Waals surface area contributed by atoms with Gasteiger partial charge >= 0.3 is 0 Å². The van der Waals surface area contributed by atoms with Gasteiger partial charge in [-0.05, 0) is 111 Å². The predicted octanol–water partition coefficient (Wildman–Crippen LogP) is 10.3. The van der Waals surface area contributed by atoms with Crippen LogP contribution in [0.3, 0.4) is 0 Å². The van der Waals surface area contributed by atoms with Gasteiger partial charge < -0.3 is 33.9 Å². The molecule has 2 N–H and O–H groups in total. The van der Waals surface area contributed by atoms with Crippen LogP contribution in [0.5, 0.6) is 0 Å². The first-order valence-electron chi connectivity index (χ1n) is 21.7. The van der Waals surface area contributed by atoms with Crippen molar-refractivity contribution in [1.29, 1.82) is 0 Å². The molecule has 2 aliphatic heterocycles. The monoisotopic (exact) mass is 796 g/mol. The van der Waals surface area contributed by atoms with E-state index in [0.29, 0.717) is 63.9 Å². The highest BCUT2D eigenvalue weighted by molar-refractivity contribution is 5.84. The quantitative estimate of drug-likeness (QED) is 0.0889. The van der Waals surface area contributed by atoms with E-state index in [9.17, 15) is 10.2 Å². The number of aliphatic hydroxyl groups excluding tert-OH is 2. The number of fused-ring (bicyclic) bond motifs is 3. The Kier molecular flexibility index (Phi) is 14.0. The number of aliphatic hydroxyl groups is 2. The minimum Gasteiger partial charge on any atom is -0.394 e. The van der Waals surface area contributed by atoms with Crippen LogP contribution in [-0.2, 0) is 43.5 Å². The summed E-state index contributed by atoms with van der Waals surface area (Å²) in [5, 5.41) is 28.5. The molecule has 0 amide bonds. The summed E-state index contributed by atoms with van der Waals surface area (Å²) in [6, 6.07) is 44.6. The minimum absolute atomic E-state index is 0.0274. The lowest BCUT2D eigenvalue weighted by atomic mass is 9.90. The molecule has 0 unspecified atom stereocenters. The zero-order valence-electron chi connectivity index (χ0n) is 34.5. The lowest BCUT2D eigenvalue weighted by molar-refractivity contribution is -0.145. The Morgan fingerprint density at radius 3 is 1.80 bits per heavy atom. The van der Waals surface area contributed by atoms with E-state index in [4.69, 9.17) is 23.7 Å². The van der Waals surface area contributed by atoms with Crippen LogP contribution in [0.15, 0.2) is 127 Å². The van der Waals surface area contributed by atoms with Crippen molar-refractivity contribution in [1.82, 2.24) is 0 Å². The Bertz CT molecular complexity index is 2260. The summed E-state index contributed by atoms with van der Waals surface area (Å²) in [5.41, 5.74) is 3.39. The number of ether oxygens (including phenoxy) is 5.